The normalized spacial score (nSPS) is 18.2. The maximum atomic E-state index is 15.1. The quantitative estimate of drug-likeness (QED) is 0.402. The van der Waals surface area contributed by atoms with Crippen molar-refractivity contribution in [2.45, 2.75) is 32.2 Å². The molecule has 0 unspecified atom stereocenters. The van der Waals surface area contributed by atoms with Crippen molar-refractivity contribution < 1.29 is 22.3 Å². The zero-order valence-electron chi connectivity index (χ0n) is 20.6. The van der Waals surface area contributed by atoms with Crippen molar-refractivity contribution in [3.8, 4) is 11.3 Å². The van der Waals surface area contributed by atoms with Gasteiger partial charge in [0, 0.05) is 42.5 Å². The second-order valence-corrected chi connectivity index (χ2v) is 9.30. The molecule has 198 valence electrons. The number of benzene rings is 1. The average molecular weight is 529 g/mol. The molecular formula is C26H23F4N5O3. The Hall–Kier alpha value is -4.06. The molecule has 2 atom stereocenters. The molecule has 4 aromatic rings. The lowest BCUT2D eigenvalue weighted by atomic mass is 10.0. The van der Waals surface area contributed by atoms with Gasteiger partial charge in [0.1, 0.15) is 17.4 Å². The Bertz CT molecular complexity index is 1640. The molecule has 0 bridgehead atoms. The summed E-state index contributed by atoms with van der Waals surface area (Å²) in [6, 6.07) is 6.84. The number of pyridine rings is 2. The molecule has 0 spiro atoms. The van der Waals surface area contributed by atoms with Gasteiger partial charge < -0.3 is 19.2 Å². The number of rotatable bonds is 3. The third-order valence-corrected chi connectivity index (χ3v) is 6.60. The number of aromatic amines is 1. The van der Waals surface area contributed by atoms with E-state index in [1.807, 2.05) is 6.92 Å². The van der Waals surface area contributed by atoms with Gasteiger partial charge in [0.05, 0.1) is 23.9 Å². The summed E-state index contributed by atoms with van der Waals surface area (Å²) >= 11 is 0. The molecule has 5 rings (SSSR count). The number of nitrogens with zero attached hydrogens (tertiary/aromatic N) is 4. The minimum Gasteiger partial charge on any atom is -0.367 e. The standard InChI is InChI=1S/C26H23F4N5O3/c1-13-8-18-22(17-6-5-16(9-19(17)27)26(28,29)30)32-25(33-23(18)24(37)34(13)3)35-11-14(2)38-20(12-35)15-4-7-21(36)31-10-15/h4-10,14,20H,11-12H2,1-3H3,(H,31,36)/t14-,20-/m1/s1. The molecule has 1 aromatic carbocycles. The Morgan fingerprint density at radius 1 is 1.08 bits per heavy atom. The van der Waals surface area contributed by atoms with Crippen molar-refractivity contribution in [2.75, 3.05) is 18.0 Å². The van der Waals surface area contributed by atoms with Crippen LogP contribution in [-0.2, 0) is 18.0 Å². The number of nitrogens with one attached hydrogen (secondary N) is 1. The van der Waals surface area contributed by atoms with Gasteiger partial charge in [0.15, 0.2) is 0 Å². The summed E-state index contributed by atoms with van der Waals surface area (Å²) in [6.07, 6.45) is -3.94. The van der Waals surface area contributed by atoms with Gasteiger partial charge in [-0.25, -0.2) is 14.4 Å². The summed E-state index contributed by atoms with van der Waals surface area (Å²) in [4.78, 5) is 38.1. The van der Waals surface area contributed by atoms with Crippen LogP contribution < -0.4 is 16.0 Å². The molecule has 1 N–H and O–H groups in total. The van der Waals surface area contributed by atoms with Gasteiger partial charge in [-0.05, 0) is 49.7 Å². The second kappa shape index (κ2) is 9.35. The summed E-state index contributed by atoms with van der Waals surface area (Å²) in [5.74, 6) is -1.01. The number of hydrogen-bond acceptors (Lipinski definition) is 6. The Balaban J connectivity index is 1.67. The van der Waals surface area contributed by atoms with Crippen LogP contribution in [0.3, 0.4) is 0 Å². The first-order valence-electron chi connectivity index (χ1n) is 11.8. The van der Waals surface area contributed by atoms with Crippen molar-refractivity contribution in [1.29, 1.82) is 0 Å². The number of aromatic nitrogens is 4. The van der Waals surface area contributed by atoms with Gasteiger partial charge in [-0.15, -0.1) is 0 Å². The van der Waals surface area contributed by atoms with Gasteiger partial charge in [-0.3, -0.25) is 9.59 Å². The number of anilines is 1. The summed E-state index contributed by atoms with van der Waals surface area (Å²) in [5.41, 5.74) is -0.743. The maximum Gasteiger partial charge on any atom is 0.416 e. The van der Waals surface area contributed by atoms with Gasteiger partial charge in [-0.1, -0.05) is 0 Å². The molecule has 1 aliphatic rings. The predicted molar refractivity (Wildman–Crippen MR) is 132 cm³/mol. The van der Waals surface area contributed by atoms with E-state index < -0.39 is 29.2 Å². The first-order chi connectivity index (χ1) is 17.9. The first kappa shape index (κ1) is 25.6. The highest BCUT2D eigenvalue weighted by Gasteiger charge is 2.32. The first-order valence-corrected chi connectivity index (χ1v) is 11.8. The molecule has 0 aliphatic carbocycles. The van der Waals surface area contributed by atoms with Crippen molar-refractivity contribution in [3.05, 3.63) is 85.9 Å². The molecule has 0 amide bonds. The highest BCUT2D eigenvalue weighted by Crippen LogP contribution is 2.35. The fourth-order valence-corrected chi connectivity index (χ4v) is 4.53. The fraction of sp³-hybridized carbons (Fsp3) is 0.308. The highest BCUT2D eigenvalue weighted by atomic mass is 19.4. The van der Waals surface area contributed by atoms with E-state index in [2.05, 4.69) is 15.0 Å². The van der Waals surface area contributed by atoms with Crippen molar-refractivity contribution in [3.63, 3.8) is 0 Å². The lowest BCUT2D eigenvalue weighted by molar-refractivity contribution is -0.137. The number of morpholine rings is 1. The van der Waals surface area contributed by atoms with Gasteiger partial charge >= 0.3 is 6.18 Å². The maximum absolute atomic E-state index is 15.1. The zero-order valence-corrected chi connectivity index (χ0v) is 20.6. The highest BCUT2D eigenvalue weighted by molar-refractivity contribution is 5.93. The third kappa shape index (κ3) is 4.67. The van der Waals surface area contributed by atoms with Crippen molar-refractivity contribution in [1.82, 2.24) is 19.5 Å². The average Bonchev–Trinajstić information content (AvgIpc) is 2.86. The molecule has 0 radical (unpaired) electrons. The van der Waals surface area contributed by atoms with Crippen LogP contribution in [0.1, 0.15) is 29.8 Å². The topological polar surface area (TPSA) is 93.1 Å². The smallest absolute Gasteiger partial charge is 0.367 e. The van der Waals surface area contributed by atoms with Crippen LogP contribution in [0.25, 0.3) is 22.2 Å². The molecule has 1 saturated heterocycles. The number of ether oxygens (including phenoxy) is 1. The largest absolute Gasteiger partial charge is 0.416 e. The minimum absolute atomic E-state index is 0.0109. The van der Waals surface area contributed by atoms with E-state index in [4.69, 9.17) is 4.74 Å². The number of fused-ring (bicyclic) bond motifs is 1. The van der Waals surface area contributed by atoms with E-state index >= 15 is 4.39 Å². The number of aryl methyl sites for hydroxylation is 1. The number of hydrogen-bond donors (Lipinski definition) is 1. The molecule has 4 heterocycles. The Labute approximate surface area is 213 Å². The van der Waals surface area contributed by atoms with Crippen molar-refractivity contribution >= 4 is 16.9 Å². The monoisotopic (exact) mass is 529 g/mol. The third-order valence-electron chi connectivity index (χ3n) is 6.60. The summed E-state index contributed by atoms with van der Waals surface area (Å²) in [7, 11) is 1.57. The van der Waals surface area contributed by atoms with Crippen molar-refractivity contribution in [2.24, 2.45) is 7.05 Å². The number of H-pyrrole nitrogens is 1. The Morgan fingerprint density at radius 3 is 2.50 bits per heavy atom. The molecule has 12 heteroatoms. The van der Waals surface area contributed by atoms with Crippen LogP contribution in [0, 0.1) is 12.7 Å². The van der Waals surface area contributed by atoms with E-state index in [9.17, 15) is 22.8 Å². The van der Waals surface area contributed by atoms with E-state index in [-0.39, 0.29) is 46.3 Å². The summed E-state index contributed by atoms with van der Waals surface area (Å²) in [5, 5.41) is 0.228. The van der Waals surface area contributed by atoms with Crippen LogP contribution in [0.5, 0.6) is 0 Å². The van der Waals surface area contributed by atoms with Gasteiger partial charge in [-0.2, -0.15) is 13.2 Å². The van der Waals surface area contributed by atoms with Crippen LogP contribution in [-0.4, -0.2) is 38.7 Å². The lowest BCUT2D eigenvalue weighted by Crippen LogP contribution is -2.44. The zero-order chi connectivity index (χ0) is 27.4. The Morgan fingerprint density at radius 2 is 1.84 bits per heavy atom. The van der Waals surface area contributed by atoms with Crippen LogP contribution in [0.4, 0.5) is 23.5 Å². The molecule has 38 heavy (non-hydrogen) atoms. The molecule has 1 fully saturated rings. The van der Waals surface area contributed by atoms with E-state index in [1.54, 1.807) is 37.2 Å². The van der Waals surface area contributed by atoms with Crippen LogP contribution in [0.15, 0.2) is 52.2 Å². The van der Waals surface area contributed by atoms with Gasteiger partial charge in [0.25, 0.3) is 5.56 Å². The molecule has 3 aromatic heterocycles. The SMILES string of the molecule is Cc1cc2c(-c3ccc(C(F)(F)F)cc3F)nc(N3C[C@@H](C)O[C@@H](c4ccc(=O)[nH]c4)C3)nc2c(=O)n1C. The van der Waals surface area contributed by atoms with Crippen LogP contribution >= 0.6 is 0 Å². The second-order valence-electron chi connectivity index (χ2n) is 9.30. The molecule has 0 saturated carbocycles. The Kier molecular flexibility index (Phi) is 6.30. The molecule has 1 aliphatic heterocycles. The van der Waals surface area contributed by atoms with Gasteiger partial charge in [0.2, 0.25) is 11.5 Å². The number of alkyl halides is 3. The summed E-state index contributed by atoms with van der Waals surface area (Å²) in [6.45, 7) is 4.11. The predicted octanol–water partition coefficient (Wildman–Crippen LogP) is 4.12. The number of halogens is 4. The lowest BCUT2D eigenvalue weighted by Gasteiger charge is -2.37. The van der Waals surface area contributed by atoms with E-state index in [1.165, 1.54) is 10.6 Å². The summed E-state index contributed by atoms with van der Waals surface area (Å²) < 4.78 is 62.1. The molecule has 8 nitrogen and oxygen atoms in total. The van der Waals surface area contributed by atoms with Crippen LogP contribution in [0.2, 0.25) is 0 Å². The molecular weight excluding hydrogens is 506 g/mol. The minimum atomic E-state index is -4.72. The van der Waals surface area contributed by atoms with E-state index in [0.29, 0.717) is 23.9 Å². The van der Waals surface area contributed by atoms with E-state index in [0.717, 1.165) is 12.1 Å². The fourth-order valence-electron chi connectivity index (χ4n) is 4.53.